The molecule has 0 aliphatic carbocycles. The van der Waals surface area contributed by atoms with Gasteiger partial charge in [0.15, 0.2) is 0 Å². The van der Waals surface area contributed by atoms with Crippen LogP contribution in [0, 0.1) is 11.8 Å². The number of rotatable bonds is 17. The Morgan fingerprint density at radius 2 is 0.865 bits per heavy atom. The largest absolute Gasteiger partial charge is 0.388 e. The summed E-state index contributed by atoms with van der Waals surface area (Å²) in [4.78, 5) is 61.8. The van der Waals surface area contributed by atoms with Crippen molar-refractivity contribution in [3.63, 3.8) is 0 Å². The lowest BCUT2D eigenvalue weighted by atomic mass is 9.90. The molecule has 12 nitrogen and oxygen atoms in total. The minimum Gasteiger partial charge on any atom is -0.388 e. The lowest BCUT2D eigenvalue weighted by Gasteiger charge is -2.35. The number of hydrogen-bond acceptors (Lipinski definition) is 8. The van der Waals surface area contributed by atoms with Gasteiger partial charge < -0.3 is 31.5 Å². The molecule has 4 rings (SSSR count). The van der Waals surface area contributed by atoms with Crippen LogP contribution in [0.2, 0.25) is 0 Å². The molecule has 4 amide bonds. The first-order chi connectivity index (χ1) is 24.9. The second-order valence-electron chi connectivity index (χ2n) is 13.4. The van der Waals surface area contributed by atoms with Gasteiger partial charge in [-0.3, -0.25) is 29.1 Å². The molecule has 4 aromatic rings. The van der Waals surface area contributed by atoms with E-state index < -0.39 is 60.0 Å². The van der Waals surface area contributed by atoms with E-state index in [1.54, 1.807) is 52.0 Å². The molecule has 0 saturated heterocycles. The normalized spacial score (nSPS) is 14.7. The molecule has 0 aliphatic heterocycles. The molecule has 2 aromatic heterocycles. The van der Waals surface area contributed by atoms with Crippen LogP contribution in [0.5, 0.6) is 0 Å². The highest BCUT2D eigenvalue weighted by atomic mass is 16.3. The van der Waals surface area contributed by atoms with Crippen molar-refractivity contribution in [3.05, 3.63) is 132 Å². The molecule has 2 aromatic carbocycles. The quantitative estimate of drug-likeness (QED) is 0.0968. The number of nitrogens with zero attached hydrogens (tertiary/aromatic N) is 2. The fourth-order valence-corrected chi connectivity index (χ4v) is 5.77. The van der Waals surface area contributed by atoms with Crippen LogP contribution in [0.25, 0.3) is 0 Å². The zero-order valence-corrected chi connectivity index (χ0v) is 29.8. The zero-order valence-electron chi connectivity index (χ0n) is 29.8. The number of aliphatic hydroxyl groups is 2. The fraction of sp³-hybridized carbons (Fsp3) is 0.350. The van der Waals surface area contributed by atoms with Gasteiger partial charge in [0.25, 0.3) is 11.8 Å². The zero-order chi connectivity index (χ0) is 37.6. The van der Waals surface area contributed by atoms with Crippen LogP contribution in [0.1, 0.15) is 59.8 Å². The Labute approximate surface area is 304 Å². The van der Waals surface area contributed by atoms with Crippen LogP contribution in [0.15, 0.2) is 109 Å². The average Bonchev–Trinajstić information content (AvgIpc) is 3.15. The molecule has 0 aliphatic rings. The van der Waals surface area contributed by atoms with Crippen molar-refractivity contribution in [3.8, 4) is 0 Å². The number of nitrogens with one attached hydrogen (secondary N) is 4. The van der Waals surface area contributed by atoms with Crippen LogP contribution in [0.4, 0.5) is 0 Å². The van der Waals surface area contributed by atoms with Gasteiger partial charge in [0.2, 0.25) is 11.8 Å². The lowest BCUT2D eigenvalue weighted by molar-refractivity contribution is -0.129. The molecule has 2 heterocycles. The molecule has 0 saturated carbocycles. The first-order valence-corrected chi connectivity index (χ1v) is 17.4. The number of aliphatic hydroxyl groups excluding tert-OH is 2. The van der Waals surface area contributed by atoms with E-state index in [4.69, 9.17) is 0 Å². The number of aromatic nitrogens is 2. The van der Waals surface area contributed by atoms with Crippen molar-refractivity contribution in [1.82, 2.24) is 31.2 Å². The van der Waals surface area contributed by atoms with Gasteiger partial charge in [0.1, 0.15) is 35.7 Å². The third kappa shape index (κ3) is 11.3. The monoisotopic (exact) mass is 708 g/mol. The van der Waals surface area contributed by atoms with Crippen molar-refractivity contribution < 1.29 is 29.4 Å². The predicted molar refractivity (Wildman–Crippen MR) is 197 cm³/mol. The molecule has 12 heteroatoms. The van der Waals surface area contributed by atoms with E-state index in [-0.39, 0.29) is 36.1 Å². The van der Waals surface area contributed by atoms with Gasteiger partial charge in [-0.05, 0) is 60.1 Å². The van der Waals surface area contributed by atoms with E-state index in [1.165, 1.54) is 24.5 Å². The number of hydrogen-bond donors (Lipinski definition) is 6. The van der Waals surface area contributed by atoms with Crippen LogP contribution < -0.4 is 21.3 Å². The summed E-state index contributed by atoms with van der Waals surface area (Å²) in [6.07, 6.45) is 0.0520. The minimum absolute atomic E-state index is 0.130. The van der Waals surface area contributed by atoms with Gasteiger partial charge in [0, 0.05) is 12.4 Å². The summed E-state index contributed by atoms with van der Waals surface area (Å²) in [5.74, 6) is -2.87. The van der Waals surface area contributed by atoms with Crippen molar-refractivity contribution in [2.45, 2.75) is 76.9 Å². The Morgan fingerprint density at radius 1 is 0.519 bits per heavy atom. The number of carbonyl (C=O) groups is 4. The fourth-order valence-electron chi connectivity index (χ4n) is 5.77. The van der Waals surface area contributed by atoms with E-state index in [2.05, 4.69) is 31.2 Å². The molecule has 52 heavy (non-hydrogen) atoms. The Hall–Kier alpha value is -5.46. The summed E-state index contributed by atoms with van der Waals surface area (Å²) >= 11 is 0. The SMILES string of the molecule is CC(C)[C@H](NC(=O)c1ccccn1)C(=O)N[C@@H](Cc1ccccc1)C(O)C(O)[C@H](Cc1ccccc1)NC(=O)[C@@H](NC(=O)c1ccccn1)C(C)C. The highest BCUT2D eigenvalue weighted by Crippen LogP contribution is 2.17. The Morgan fingerprint density at radius 3 is 1.17 bits per heavy atom. The maximum atomic E-state index is 13.8. The van der Waals surface area contributed by atoms with Crippen LogP contribution in [0.3, 0.4) is 0 Å². The van der Waals surface area contributed by atoms with E-state index >= 15 is 0 Å². The topological polar surface area (TPSA) is 183 Å². The van der Waals surface area contributed by atoms with Crippen LogP contribution in [-0.2, 0) is 22.4 Å². The molecule has 2 unspecified atom stereocenters. The number of pyridine rings is 2. The van der Waals surface area contributed by atoms with Crippen LogP contribution >= 0.6 is 0 Å². The second-order valence-corrected chi connectivity index (χ2v) is 13.4. The summed E-state index contributed by atoms with van der Waals surface area (Å²) < 4.78 is 0. The molecular formula is C40H48N6O6. The van der Waals surface area contributed by atoms with E-state index in [1.807, 2.05) is 60.7 Å². The first-order valence-electron chi connectivity index (χ1n) is 17.4. The van der Waals surface area contributed by atoms with Crippen molar-refractivity contribution in [2.24, 2.45) is 11.8 Å². The molecule has 6 atom stereocenters. The third-order valence-corrected chi connectivity index (χ3v) is 8.69. The molecule has 0 fully saturated rings. The summed E-state index contributed by atoms with van der Waals surface area (Å²) in [5, 5.41) is 35.0. The number of amides is 4. The summed E-state index contributed by atoms with van der Waals surface area (Å²) in [6.45, 7) is 7.13. The second kappa shape index (κ2) is 19.2. The molecule has 6 N–H and O–H groups in total. The van der Waals surface area contributed by atoms with E-state index in [9.17, 15) is 29.4 Å². The van der Waals surface area contributed by atoms with Gasteiger partial charge in [-0.1, -0.05) is 100 Å². The van der Waals surface area contributed by atoms with Gasteiger partial charge in [-0.15, -0.1) is 0 Å². The third-order valence-electron chi connectivity index (χ3n) is 8.69. The first kappa shape index (κ1) is 39.3. The summed E-state index contributed by atoms with van der Waals surface area (Å²) in [7, 11) is 0. The summed E-state index contributed by atoms with van der Waals surface area (Å²) in [5.41, 5.74) is 1.84. The van der Waals surface area contributed by atoms with E-state index in [0.29, 0.717) is 0 Å². The van der Waals surface area contributed by atoms with Gasteiger partial charge in [-0.2, -0.15) is 0 Å². The maximum Gasteiger partial charge on any atom is 0.270 e. The number of carbonyl (C=O) groups excluding carboxylic acids is 4. The molecule has 274 valence electrons. The van der Waals surface area contributed by atoms with Gasteiger partial charge in [0.05, 0.1) is 12.1 Å². The van der Waals surface area contributed by atoms with Gasteiger partial charge in [-0.25, -0.2) is 0 Å². The molecule has 0 radical (unpaired) electrons. The summed E-state index contributed by atoms with van der Waals surface area (Å²) in [6, 6.07) is 24.0. The van der Waals surface area contributed by atoms with Crippen molar-refractivity contribution in [1.29, 1.82) is 0 Å². The van der Waals surface area contributed by atoms with Gasteiger partial charge >= 0.3 is 0 Å². The standard InChI is InChI=1S/C40H48N6O6/c1-25(2)33(45-37(49)29-19-11-13-21-41-29)39(51)43-31(23-27-15-7-5-8-16-27)35(47)36(48)32(24-28-17-9-6-10-18-28)44-40(52)34(26(3)4)46-38(50)30-20-12-14-22-42-30/h5-22,25-26,31-36,47-48H,23-24H2,1-4H3,(H,43,51)(H,44,52)(H,45,49)(H,46,50)/t31-,32-,33-,34-,35?,36?/m0/s1. The number of benzene rings is 2. The minimum atomic E-state index is -1.59. The lowest BCUT2D eigenvalue weighted by Crippen LogP contribution is -2.61. The highest BCUT2D eigenvalue weighted by molar-refractivity contribution is 5.97. The molecular weight excluding hydrogens is 660 g/mol. The van der Waals surface area contributed by atoms with Crippen molar-refractivity contribution in [2.75, 3.05) is 0 Å². The smallest absolute Gasteiger partial charge is 0.270 e. The highest BCUT2D eigenvalue weighted by Gasteiger charge is 2.37. The average molecular weight is 709 g/mol. The van der Waals surface area contributed by atoms with Crippen LogP contribution in [-0.4, -0.2) is 80.2 Å². The van der Waals surface area contributed by atoms with E-state index in [0.717, 1.165) is 11.1 Å². The predicted octanol–water partition coefficient (Wildman–Crippen LogP) is 2.86. The Kier molecular flexibility index (Phi) is 14.5. The Bertz CT molecular complexity index is 1600. The molecule has 0 bridgehead atoms. The molecule has 0 spiro atoms. The van der Waals surface area contributed by atoms with Crippen molar-refractivity contribution >= 4 is 23.6 Å². The Balaban J connectivity index is 1.60. The maximum absolute atomic E-state index is 13.8.